The van der Waals surface area contributed by atoms with Gasteiger partial charge < -0.3 is 24.8 Å². The average molecular weight is 362 g/mol. The van der Waals surface area contributed by atoms with E-state index in [2.05, 4.69) is 0 Å². The van der Waals surface area contributed by atoms with E-state index >= 15 is 0 Å². The van der Waals surface area contributed by atoms with E-state index in [1.165, 1.54) is 37.5 Å². The summed E-state index contributed by atoms with van der Waals surface area (Å²) < 4.78 is 10.4. The predicted octanol–water partition coefficient (Wildman–Crippen LogP) is 1.60. The van der Waals surface area contributed by atoms with Gasteiger partial charge in [-0.15, -0.1) is 0 Å². The summed E-state index contributed by atoms with van der Waals surface area (Å²) in [5.41, 5.74) is 0.306. The van der Waals surface area contributed by atoms with Gasteiger partial charge in [0.2, 0.25) is 0 Å². The van der Waals surface area contributed by atoms with Gasteiger partial charge in [-0.2, -0.15) is 0 Å². The monoisotopic (exact) mass is 362 g/mol. The molecule has 1 aromatic rings. The van der Waals surface area contributed by atoms with E-state index in [0.717, 1.165) is 6.08 Å². The molecule has 3 N–H and O–H groups in total. The number of ether oxygens (including phenoxy) is 2. The number of hydrogen-bond donors (Lipinski definition) is 3. The van der Waals surface area contributed by atoms with E-state index in [1.54, 1.807) is 6.92 Å². The summed E-state index contributed by atoms with van der Waals surface area (Å²) in [7, 11) is 1.42. The maximum absolute atomic E-state index is 12.4. The van der Waals surface area contributed by atoms with Crippen LogP contribution < -0.4 is 4.74 Å². The molecule has 1 aliphatic rings. The first kappa shape index (κ1) is 19.7. The van der Waals surface area contributed by atoms with Crippen molar-refractivity contribution >= 4 is 17.8 Å². The van der Waals surface area contributed by atoms with Crippen LogP contribution in [0.25, 0.3) is 6.08 Å². The molecule has 140 valence electrons. The zero-order valence-corrected chi connectivity index (χ0v) is 14.6. The third-order valence-electron chi connectivity index (χ3n) is 3.95. The summed E-state index contributed by atoms with van der Waals surface area (Å²) in [6.07, 6.45) is 2.42. The van der Waals surface area contributed by atoms with Crippen LogP contribution in [-0.4, -0.2) is 52.5 Å². The highest BCUT2D eigenvalue weighted by molar-refractivity contribution is 5.97. The summed E-state index contributed by atoms with van der Waals surface area (Å²) in [5.74, 6) is -1.29. The molecule has 3 atom stereocenters. The quantitative estimate of drug-likeness (QED) is 0.650. The van der Waals surface area contributed by atoms with Crippen molar-refractivity contribution in [2.45, 2.75) is 38.1 Å². The van der Waals surface area contributed by atoms with Crippen molar-refractivity contribution in [1.29, 1.82) is 0 Å². The fraction of sp³-hybridized carbons (Fsp3) is 0.368. The number of aliphatic hydroxyl groups is 2. The highest BCUT2D eigenvalue weighted by Gasteiger charge is 2.23. The number of fused-ring (bicyclic) bond motifs is 1. The van der Waals surface area contributed by atoms with Crippen LogP contribution in [0.5, 0.6) is 11.5 Å². The van der Waals surface area contributed by atoms with E-state index in [1.807, 2.05) is 0 Å². The summed E-state index contributed by atoms with van der Waals surface area (Å²) >= 11 is 0. The topological polar surface area (TPSA) is 113 Å². The van der Waals surface area contributed by atoms with Gasteiger partial charge in [-0.3, -0.25) is 4.79 Å². The van der Waals surface area contributed by atoms with Crippen molar-refractivity contribution in [3.8, 4) is 11.5 Å². The lowest BCUT2D eigenvalue weighted by atomic mass is 10.0. The molecular weight excluding hydrogens is 340 g/mol. The maximum atomic E-state index is 12.4. The minimum absolute atomic E-state index is 0.0242. The second-order valence-corrected chi connectivity index (χ2v) is 6.02. The predicted molar refractivity (Wildman–Crippen MR) is 94.0 cm³/mol. The number of carbonyl (C=O) groups is 2. The lowest BCUT2D eigenvalue weighted by molar-refractivity contribution is -0.127. The lowest BCUT2D eigenvalue weighted by Gasteiger charge is -2.16. The number of ketones is 1. The molecule has 1 heterocycles. The fourth-order valence-electron chi connectivity index (χ4n) is 2.51. The number of aliphatic hydroxyl groups excluding tert-OH is 2. The summed E-state index contributed by atoms with van der Waals surface area (Å²) in [6.45, 7) is 1.64. The lowest BCUT2D eigenvalue weighted by Crippen LogP contribution is -2.32. The van der Waals surface area contributed by atoms with Crippen LogP contribution in [0.4, 0.5) is 0 Å². The van der Waals surface area contributed by atoms with Crippen LogP contribution in [0, 0.1) is 0 Å². The first-order valence-electron chi connectivity index (χ1n) is 8.18. The Morgan fingerprint density at radius 2 is 1.81 bits per heavy atom. The van der Waals surface area contributed by atoms with Gasteiger partial charge in [0.15, 0.2) is 5.78 Å². The van der Waals surface area contributed by atoms with Crippen LogP contribution in [-0.2, 0) is 9.53 Å². The molecule has 0 radical (unpaired) electrons. The van der Waals surface area contributed by atoms with E-state index in [4.69, 9.17) is 9.47 Å². The van der Waals surface area contributed by atoms with E-state index in [-0.39, 0.29) is 24.2 Å². The highest BCUT2D eigenvalue weighted by atomic mass is 16.5. The van der Waals surface area contributed by atoms with Gasteiger partial charge in [0.05, 0.1) is 13.2 Å². The minimum atomic E-state index is -1.55. The molecule has 7 heteroatoms. The molecule has 0 aliphatic carbocycles. The molecule has 0 saturated carbocycles. The van der Waals surface area contributed by atoms with E-state index in [9.17, 15) is 24.9 Å². The Balaban J connectivity index is 2.45. The Morgan fingerprint density at radius 3 is 2.50 bits per heavy atom. The number of cyclic esters (lactones) is 1. The van der Waals surface area contributed by atoms with Crippen LogP contribution >= 0.6 is 0 Å². The molecule has 0 amide bonds. The third kappa shape index (κ3) is 4.71. The van der Waals surface area contributed by atoms with Crippen molar-refractivity contribution in [3.05, 3.63) is 41.5 Å². The number of phenols is 1. The van der Waals surface area contributed by atoms with Gasteiger partial charge in [0.1, 0.15) is 29.3 Å². The molecule has 0 saturated heterocycles. The smallest absolute Gasteiger partial charge is 0.342 e. The summed E-state index contributed by atoms with van der Waals surface area (Å²) in [6, 6.07) is 2.84. The number of benzene rings is 1. The Morgan fingerprint density at radius 1 is 1.12 bits per heavy atom. The average Bonchev–Trinajstić information content (AvgIpc) is 2.59. The van der Waals surface area contributed by atoms with Crippen molar-refractivity contribution in [3.63, 3.8) is 0 Å². The normalized spacial score (nSPS) is 27.0. The Bertz CT molecular complexity index is 736. The minimum Gasteiger partial charge on any atom is -0.507 e. The van der Waals surface area contributed by atoms with Crippen LogP contribution in [0.1, 0.15) is 35.7 Å². The van der Waals surface area contributed by atoms with Gasteiger partial charge in [-0.25, -0.2) is 4.79 Å². The Kier molecular flexibility index (Phi) is 6.54. The van der Waals surface area contributed by atoms with Crippen molar-refractivity contribution in [2.75, 3.05) is 7.11 Å². The number of phenolic OH excluding ortho intramolecular Hbond substituents is 1. The Hall–Kier alpha value is -2.64. The molecular formula is C19H22O7. The molecule has 1 aliphatic heterocycles. The molecule has 1 aromatic carbocycles. The fourth-order valence-corrected chi connectivity index (χ4v) is 2.51. The molecule has 0 fully saturated rings. The van der Waals surface area contributed by atoms with Gasteiger partial charge in [-0.05, 0) is 31.1 Å². The summed E-state index contributed by atoms with van der Waals surface area (Å²) in [4.78, 5) is 24.3. The molecule has 1 unspecified atom stereocenters. The molecule has 7 nitrogen and oxygen atoms in total. The van der Waals surface area contributed by atoms with Gasteiger partial charge in [-0.1, -0.05) is 18.2 Å². The van der Waals surface area contributed by atoms with Gasteiger partial charge in [0.25, 0.3) is 0 Å². The SMILES string of the molecule is COc1cc(O)c2c(c1)/C=C/CC(O)[C@H](O)C(=O)/C=C\C[C@H](C)OC2=O. The number of esters is 1. The molecule has 0 aromatic heterocycles. The van der Waals surface area contributed by atoms with Crippen molar-refractivity contribution in [2.24, 2.45) is 0 Å². The third-order valence-corrected chi connectivity index (χ3v) is 3.95. The number of rotatable bonds is 1. The van der Waals surface area contributed by atoms with Crippen molar-refractivity contribution in [1.82, 2.24) is 0 Å². The van der Waals surface area contributed by atoms with Crippen LogP contribution in [0.2, 0.25) is 0 Å². The van der Waals surface area contributed by atoms with Crippen LogP contribution in [0.15, 0.2) is 30.4 Å². The zero-order chi connectivity index (χ0) is 19.3. The Labute approximate surface area is 151 Å². The first-order chi connectivity index (χ1) is 12.3. The zero-order valence-electron chi connectivity index (χ0n) is 14.6. The second-order valence-electron chi connectivity index (χ2n) is 6.02. The number of aromatic hydroxyl groups is 1. The molecule has 26 heavy (non-hydrogen) atoms. The standard InChI is InChI=1S/C19H22O7/c1-11-5-3-7-14(20)18(23)15(21)8-4-6-12-9-13(25-2)10-16(22)17(12)19(24)26-11/h3-4,6-7,9-11,15,18,21-23H,5,8H2,1-2H3/b6-4+,7-3-/t11-,15?,18+/m0/s1. The molecule has 0 bridgehead atoms. The summed E-state index contributed by atoms with van der Waals surface area (Å²) in [5, 5.41) is 30.0. The molecule has 2 rings (SSSR count). The van der Waals surface area contributed by atoms with Crippen LogP contribution in [0.3, 0.4) is 0 Å². The highest BCUT2D eigenvalue weighted by Crippen LogP contribution is 2.30. The second kappa shape index (κ2) is 8.64. The maximum Gasteiger partial charge on any atom is 0.342 e. The number of hydrogen-bond acceptors (Lipinski definition) is 7. The number of methoxy groups -OCH3 is 1. The number of carbonyl (C=O) groups excluding carboxylic acids is 2. The van der Waals surface area contributed by atoms with Crippen molar-refractivity contribution < 1.29 is 34.4 Å². The molecule has 0 spiro atoms. The van der Waals surface area contributed by atoms with Gasteiger partial charge >= 0.3 is 5.97 Å². The first-order valence-corrected chi connectivity index (χ1v) is 8.18. The largest absolute Gasteiger partial charge is 0.507 e. The van der Waals surface area contributed by atoms with E-state index in [0.29, 0.717) is 11.3 Å². The van der Waals surface area contributed by atoms with E-state index < -0.39 is 30.1 Å². The van der Waals surface area contributed by atoms with Gasteiger partial charge in [0, 0.05) is 12.5 Å².